The third kappa shape index (κ3) is 3.05. The van der Waals surface area contributed by atoms with Gasteiger partial charge in [-0.2, -0.15) is 5.10 Å². The Hall–Kier alpha value is -2.24. The van der Waals surface area contributed by atoms with Gasteiger partial charge in [-0.25, -0.2) is 0 Å². The van der Waals surface area contributed by atoms with E-state index in [9.17, 15) is 4.79 Å². The summed E-state index contributed by atoms with van der Waals surface area (Å²) < 4.78 is 1.78. The summed E-state index contributed by atoms with van der Waals surface area (Å²) in [5.74, 6) is 0.582. The summed E-state index contributed by atoms with van der Waals surface area (Å²) >= 11 is 7.87. The highest BCUT2D eigenvalue weighted by molar-refractivity contribution is 7.98. The number of hydrogen-bond acceptors (Lipinski definition) is 3. The molecule has 126 valence electrons. The van der Waals surface area contributed by atoms with Gasteiger partial charge in [0.1, 0.15) is 0 Å². The molecule has 1 N–H and O–H groups in total. The minimum atomic E-state index is -0.146. The highest BCUT2D eigenvalue weighted by Gasteiger charge is 2.27. The van der Waals surface area contributed by atoms with Gasteiger partial charge in [0.2, 0.25) is 0 Å². The highest BCUT2D eigenvalue weighted by atomic mass is 35.5. The van der Waals surface area contributed by atoms with Crippen LogP contribution in [0.5, 0.6) is 0 Å². The molecule has 4 rings (SSSR count). The lowest BCUT2D eigenvalue weighted by atomic mass is 10.1. The first-order valence-corrected chi connectivity index (χ1v) is 9.30. The third-order valence-electron chi connectivity index (χ3n) is 4.23. The van der Waals surface area contributed by atoms with E-state index in [0.717, 1.165) is 33.0 Å². The number of halogens is 1. The Balaban J connectivity index is 1.65. The molecule has 0 aliphatic carbocycles. The quantitative estimate of drug-likeness (QED) is 0.749. The Morgan fingerprint density at radius 2 is 2.08 bits per heavy atom. The number of carbonyl (C=O) groups excluding carboxylic acids is 1. The monoisotopic (exact) mass is 369 g/mol. The summed E-state index contributed by atoms with van der Waals surface area (Å²) in [4.78, 5) is 13.8. The predicted molar refractivity (Wildman–Crippen MR) is 101 cm³/mol. The molecule has 0 bridgehead atoms. The van der Waals surface area contributed by atoms with Crippen molar-refractivity contribution in [3.63, 3.8) is 0 Å². The van der Waals surface area contributed by atoms with Crippen molar-refractivity contribution >= 4 is 29.3 Å². The second-order valence-electron chi connectivity index (χ2n) is 5.90. The molecular formula is C19H16ClN3OS. The first-order chi connectivity index (χ1) is 12.1. The van der Waals surface area contributed by atoms with E-state index in [-0.39, 0.29) is 5.91 Å². The molecule has 0 atom stereocenters. The number of fused-ring (bicyclic) bond motifs is 3. The van der Waals surface area contributed by atoms with E-state index >= 15 is 0 Å². The lowest BCUT2D eigenvalue weighted by Crippen LogP contribution is -2.24. The first kappa shape index (κ1) is 16.2. The Morgan fingerprint density at radius 3 is 2.88 bits per heavy atom. The molecule has 0 unspecified atom stereocenters. The van der Waals surface area contributed by atoms with Crippen LogP contribution in [-0.4, -0.2) is 15.7 Å². The van der Waals surface area contributed by atoms with Crippen LogP contribution in [0.4, 0.5) is 0 Å². The fourth-order valence-electron chi connectivity index (χ4n) is 3.05. The number of benzene rings is 2. The molecule has 3 aromatic rings. The topological polar surface area (TPSA) is 46.9 Å². The zero-order chi connectivity index (χ0) is 17.4. The molecule has 2 aromatic carbocycles. The van der Waals surface area contributed by atoms with Crippen LogP contribution in [0.2, 0.25) is 5.02 Å². The number of nitrogens with zero attached hydrogens (tertiary/aromatic N) is 2. The van der Waals surface area contributed by atoms with Crippen molar-refractivity contribution in [2.45, 2.75) is 17.2 Å². The number of amides is 1. The van der Waals surface area contributed by atoms with Gasteiger partial charge in [0, 0.05) is 40.4 Å². The number of aromatic nitrogens is 2. The van der Waals surface area contributed by atoms with Crippen LogP contribution in [0.1, 0.15) is 21.6 Å². The zero-order valence-corrected chi connectivity index (χ0v) is 15.2. The van der Waals surface area contributed by atoms with E-state index in [0.29, 0.717) is 17.3 Å². The van der Waals surface area contributed by atoms with Gasteiger partial charge in [-0.05, 0) is 23.8 Å². The number of hydrogen-bond donors (Lipinski definition) is 1. The average Bonchev–Trinajstić information content (AvgIpc) is 2.98. The first-order valence-electron chi connectivity index (χ1n) is 7.94. The Morgan fingerprint density at radius 1 is 1.28 bits per heavy atom. The average molecular weight is 370 g/mol. The van der Waals surface area contributed by atoms with Crippen LogP contribution in [0.3, 0.4) is 0 Å². The molecule has 1 aliphatic rings. The lowest BCUT2D eigenvalue weighted by molar-refractivity contribution is 0.0944. The van der Waals surface area contributed by atoms with E-state index in [1.807, 2.05) is 55.6 Å². The summed E-state index contributed by atoms with van der Waals surface area (Å²) in [6.45, 7) is 0.487. The smallest absolute Gasteiger partial charge is 0.272 e. The molecule has 1 aromatic heterocycles. The minimum Gasteiger partial charge on any atom is -0.347 e. The molecule has 6 heteroatoms. The Labute approximate surface area is 155 Å². The molecule has 0 saturated carbocycles. The Bertz CT molecular complexity index is 953. The van der Waals surface area contributed by atoms with Gasteiger partial charge in [-0.1, -0.05) is 41.9 Å². The number of rotatable bonds is 3. The summed E-state index contributed by atoms with van der Waals surface area (Å²) in [6, 6.07) is 15.7. The SMILES string of the molecule is Cn1nc(C(=O)NCc2ccccc2)c2c1-c1cc(Cl)ccc1SC2. The third-order valence-corrected chi connectivity index (χ3v) is 5.56. The van der Waals surface area contributed by atoms with Crippen LogP contribution in [-0.2, 0) is 19.3 Å². The van der Waals surface area contributed by atoms with Crippen LogP contribution >= 0.6 is 23.4 Å². The van der Waals surface area contributed by atoms with Crippen LogP contribution in [0.25, 0.3) is 11.3 Å². The van der Waals surface area contributed by atoms with E-state index in [1.165, 1.54) is 0 Å². The number of aryl methyl sites for hydroxylation is 1. The lowest BCUT2D eigenvalue weighted by Gasteiger charge is -2.17. The normalized spacial score (nSPS) is 12.4. The number of thioether (sulfide) groups is 1. The second kappa shape index (κ2) is 6.58. The van der Waals surface area contributed by atoms with Crippen molar-refractivity contribution in [3.8, 4) is 11.3 Å². The van der Waals surface area contributed by atoms with Crippen molar-refractivity contribution < 1.29 is 4.79 Å². The highest BCUT2D eigenvalue weighted by Crippen LogP contribution is 2.43. The molecule has 1 aliphatic heterocycles. The predicted octanol–water partition coefficient (Wildman–Crippen LogP) is 4.28. The van der Waals surface area contributed by atoms with Crippen molar-refractivity contribution in [3.05, 3.63) is 70.4 Å². The molecule has 1 amide bonds. The van der Waals surface area contributed by atoms with Crippen molar-refractivity contribution in [2.75, 3.05) is 0 Å². The summed E-state index contributed by atoms with van der Waals surface area (Å²) in [5.41, 5.74) is 4.53. The maximum absolute atomic E-state index is 12.7. The zero-order valence-electron chi connectivity index (χ0n) is 13.6. The van der Waals surface area contributed by atoms with Crippen LogP contribution in [0, 0.1) is 0 Å². The molecule has 25 heavy (non-hydrogen) atoms. The van der Waals surface area contributed by atoms with Crippen molar-refractivity contribution in [2.24, 2.45) is 7.05 Å². The van der Waals surface area contributed by atoms with Gasteiger partial charge in [0.25, 0.3) is 5.91 Å². The molecule has 0 saturated heterocycles. The summed E-state index contributed by atoms with van der Waals surface area (Å²) in [6.07, 6.45) is 0. The number of carbonyl (C=O) groups is 1. The van der Waals surface area contributed by atoms with Gasteiger partial charge in [-0.3, -0.25) is 9.48 Å². The van der Waals surface area contributed by atoms with Gasteiger partial charge in [-0.15, -0.1) is 11.8 Å². The standard InChI is InChI=1S/C19H16ClN3OS/c1-23-18-14-9-13(20)7-8-16(14)25-11-15(18)17(22-23)19(24)21-10-12-5-3-2-4-6-12/h2-9H,10-11H2,1H3,(H,21,24). The van der Waals surface area contributed by atoms with Gasteiger partial charge in [0.15, 0.2) is 5.69 Å². The van der Waals surface area contributed by atoms with Crippen molar-refractivity contribution in [1.29, 1.82) is 0 Å². The summed E-state index contributed by atoms with van der Waals surface area (Å²) in [5, 5.41) is 8.13. The summed E-state index contributed by atoms with van der Waals surface area (Å²) in [7, 11) is 1.87. The van der Waals surface area contributed by atoms with E-state index < -0.39 is 0 Å². The largest absolute Gasteiger partial charge is 0.347 e. The molecule has 0 radical (unpaired) electrons. The molecule has 4 nitrogen and oxygen atoms in total. The molecular weight excluding hydrogens is 354 g/mol. The second-order valence-corrected chi connectivity index (χ2v) is 7.35. The van der Waals surface area contributed by atoms with E-state index in [4.69, 9.17) is 11.6 Å². The van der Waals surface area contributed by atoms with E-state index in [2.05, 4.69) is 10.4 Å². The fraction of sp³-hybridized carbons (Fsp3) is 0.158. The minimum absolute atomic E-state index is 0.146. The molecule has 2 heterocycles. The van der Waals surface area contributed by atoms with Gasteiger partial charge >= 0.3 is 0 Å². The van der Waals surface area contributed by atoms with E-state index in [1.54, 1.807) is 16.4 Å². The molecule has 0 spiro atoms. The Kier molecular flexibility index (Phi) is 4.27. The fourth-order valence-corrected chi connectivity index (χ4v) is 4.27. The number of nitrogens with one attached hydrogen (secondary N) is 1. The van der Waals surface area contributed by atoms with Crippen LogP contribution < -0.4 is 5.32 Å². The van der Waals surface area contributed by atoms with Crippen LogP contribution in [0.15, 0.2) is 53.4 Å². The maximum Gasteiger partial charge on any atom is 0.272 e. The molecule has 0 fully saturated rings. The van der Waals surface area contributed by atoms with Crippen molar-refractivity contribution in [1.82, 2.24) is 15.1 Å². The van der Waals surface area contributed by atoms with Gasteiger partial charge < -0.3 is 5.32 Å². The van der Waals surface area contributed by atoms with Gasteiger partial charge in [0.05, 0.1) is 5.69 Å². The maximum atomic E-state index is 12.7.